The van der Waals surface area contributed by atoms with Crippen LogP contribution in [0.1, 0.15) is 104 Å². The Hall–Kier alpha value is 0.519. The minimum absolute atomic E-state index is 0. The molecule has 0 amide bonds. The van der Waals surface area contributed by atoms with E-state index in [1.54, 1.807) is 0 Å². The van der Waals surface area contributed by atoms with Gasteiger partial charge < -0.3 is 0 Å². The molecule has 105 valence electrons. The van der Waals surface area contributed by atoms with E-state index in [1.165, 1.54) is 89.9 Å². The first-order valence-electron chi connectivity index (χ1n) is 7.91. The van der Waals surface area contributed by atoms with Gasteiger partial charge in [0.25, 0.3) is 0 Å². The van der Waals surface area contributed by atoms with Crippen LogP contribution in [-0.2, 0) is 17.1 Å². The van der Waals surface area contributed by atoms with Crippen molar-refractivity contribution in [2.75, 3.05) is 0 Å². The van der Waals surface area contributed by atoms with Gasteiger partial charge in [0.05, 0.1) is 0 Å². The van der Waals surface area contributed by atoms with E-state index in [9.17, 15) is 0 Å². The monoisotopic (exact) mass is 281 g/mol. The molecule has 0 aromatic heterocycles. The van der Waals surface area contributed by atoms with E-state index < -0.39 is 0 Å². The van der Waals surface area contributed by atoms with E-state index >= 15 is 0 Å². The van der Waals surface area contributed by atoms with Crippen LogP contribution in [0.4, 0.5) is 0 Å². The summed E-state index contributed by atoms with van der Waals surface area (Å²) in [6.07, 6.45) is 20.4. The molecule has 0 saturated carbocycles. The first-order chi connectivity index (χ1) is 7.91. The van der Waals surface area contributed by atoms with Crippen LogP contribution in [0.3, 0.4) is 0 Å². The molecule has 0 saturated heterocycles. The average molecular weight is 281 g/mol. The summed E-state index contributed by atoms with van der Waals surface area (Å²) in [5.74, 6) is 0. The van der Waals surface area contributed by atoms with E-state index in [0.717, 1.165) is 0 Å². The van der Waals surface area contributed by atoms with Crippen molar-refractivity contribution in [3.63, 3.8) is 0 Å². The Morgan fingerprint density at radius 2 is 0.529 bits per heavy atom. The van der Waals surface area contributed by atoms with E-state index in [4.69, 9.17) is 0 Å². The third-order valence-corrected chi connectivity index (χ3v) is 3.46. The fraction of sp³-hybridized carbons (Fsp3) is 1.00. The summed E-state index contributed by atoms with van der Waals surface area (Å²) < 4.78 is 0. The van der Waals surface area contributed by atoms with Crippen molar-refractivity contribution in [3.05, 3.63) is 0 Å². The predicted molar refractivity (Wildman–Crippen MR) is 76.0 cm³/mol. The molecule has 0 fully saturated rings. The Morgan fingerprint density at radius 3 is 0.706 bits per heavy atom. The molecule has 0 rings (SSSR count). The molecule has 0 aliphatic carbocycles. The van der Waals surface area contributed by atoms with Gasteiger partial charge in [-0.25, -0.2) is 0 Å². The van der Waals surface area contributed by atoms with Gasteiger partial charge in [0.1, 0.15) is 0 Å². The molecule has 0 nitrogen and oxygen atoms in total. The van der Waals surface area contributed by atoms with E-state index in [2.05, 4.69) is 13.8 Å². The van der Waals surface area contributed by atoms with Crippen molar-refractivity contribution in [1.82, 2.24) is 0 Å². The molecular formula is C16H34Mn. The third kappa shape index (κ3) is 19.1. The van der Waals surface area contributed by atoms with Crippen LogP contribution >= 0.6 is 0 Å². The zero-order valence-electron chi connectivity index (χ0n) is 12.3. The smallest absolute Gasteiger partial charge is 0 e. The van der Waals surface area contributed by atoms with Crippen molar-refractivity contribution in [2.24, 2.45) is 0 Å². The number of unbranched alkanes of at least 4 members (excludes halogenated alkanes) is 13. The van der Waals surface area contributed by atoms with Crippen molar-refractivity contribution in [1.29, 1.82) is 0 Å². The van der Waals surface area contributed by atoms with E-state index in [0.29, 0.717) is 0 Å². The molecule has 0 aliphatic rings. The van der Waals surface area contributed by atoms with Crippen LogP contribution in [0, 0.1) is 0 Å². The van der Waals surface area contributed by atoms with Crippen LogP contribution in [-0.4, -0.2) is 0 Å². The predicted octanol–water partition coefficient (Wildman–Crippen LogP) is 6.49. The Labute approximate surface area is 121 Å². The second-order valence-corrected chi connectivity index (χ2v) is 5.24. The van der Waals surface area contributed by atoms with Gasteiger partial charge in [-0.3, -0.25) is 0 Å². The minimum atomic E-state index is 0. The fourth-order valence-electron chi connectivity index (χ4n) is 2.27. The molecular weight excluding hydrogens is 247 g/mol. The summed E-state index contributed by atoms with van der Waals surface area (Å²) in [6, 6.07) is 0. The molecule has 0 unspecified atom stereocenters. The average Bonchev–Trinajstić information content (AvgIpc) is 2.31. The molecule has 1 heteroatoms. The number of rotatable bonds is 13. The molecule has 0 N–H and O–H groups in total. The number of hydrogen-bond acceptors (Lipinski definition) is 0. The standard InChI is InChI=1S/C16H34.Mn/c1-3-5-7-9-11-13-15-16-14-12-10-8-6-4-2;/h3-16H2,1-2H3;. The largest absolute Gasteiger partial charge is 0.0654 e. The van der Waals surface area contributed by atoms with E-state index in [-0.39, 0.29) is 17.1 Å². The first-order valence-corrected chi connectivity index (χ1v) is 7.91. The summed E-state index contributed by atoms with van der Waals surface area (Å²) in [4.78, 5) is 0. The van der Waals surface area contributed by atoms with Crippen molar-refractivity contribution < 1.29 is 17.1 Å². The van der Waals surface area contributed by atoms with Gasteiger partial charge in [-0.15, -0.1) is 0 Å². The number of hydrogen-bond donors (Lipinski definition) is 0. The maximum Gasteiger partial charge on any atom is 0 e. The molecule has 0 heterocycles. The first kappa shape index (κ1) is 19.8. The van der Waals surface area contributed by atoms with Crippen molar-refractivity contribution >= 4 is 0 Å². The minimum Gasteiger partial charge on any atom is -0.0654 e. The van der Waals surface area contributed by atoms with Crippen molar-refractivity contribution in [3.8, 4) is 0 Å². The van der Waals surface area contributed by atoms with Crippen LogP contribution in [0.2, 0.25) is 0 Å². The summed E-state index contributed by atoms with van der Waals surface area (Å²) >= 11 is 0. The summed E-state index contributed by atoms with van der Waals surface area (Å²) in [7, 11) is 0. The van der Waals surface area contributed by atoms with Gasteiger partial charge >= 0.3 is 0 Å². The zero-order chi connectivity index (χ0) is 11.9. The molecule has 17 heavy (non-hydrogen) atoms. The molecule has 0 aliphatic heterocycles. The maximum atomic E-state index is 2.29. The van der Waals surface area contributed by atoms with Gasteiger partial charge in [0.15, 0.2) is 0 Å². The van der Waals surface area contributed by atoms with Gasteiger partial charge in [0.2, 0.25) is 0 Å². The van der Waals surface area contributed by atoms with Crippen LogP contribution < -0.4 is 0 Å². The second kappa shape index (κ2) is 18.9. The topological polar surface area (TPSA) is 0 Å². The van der Waals surface area contributed by atoms with E-state index in [1.807, 2.05) is 0 Å². The zero-order valence-corrected chi connectivity index (χ0v) is 13.5. The molecule has 0 aromatic carbocycles. The van der Waals surface area contributed by atoms with Gasteiger partial charge in [-0.05, 0) is 0 Å². The summed E-state index contributed by atoms with van der Waals surface area (Å²) in [5, 5.41) is 0. The van der Waals surface area contributed by atoms with Gasteiger partial charge in [-0.1, -0.05) is 104 Å². The maximum absolute atomic E-state index is 2.29. The van der Waals surface area contributed by atoms with Gasteiger partial charge in [-0.2, -0.15) is 0 Å². The fourth-order valence-corrected chi connectivity index (χ4v) is 2.27. The molecule has 0 aromatic rings. The summed E-state index contributed by atoms with van der Waals surface area (Å²) in [6.45, 7) is 4.58. The SMILES string of the molecule is CCCCCCCCCCCCCCCC.[Mn]. The molecule has 1 radical (unpaired) electrons. The Kier molecular flexibility index (Phi) is 22.0. The summed E-state index contributed by atoms with van der Waals surface area (Å²) in [5.41, 5.74) is 0. The molecule has 0 spiro atoms. The van der Waals surface area contributed by atoms with Crippen LogP contribution in [0.25, 0.3) is 0 Å². The quantitative estimate of drug-likeness (QED) is 0.267. The Bertz CT molecular complexity index is 98.1. The normalized spacial score (nSPS) is 10.2. The third-order valence-electron chi connectivity index (χ3n) is 3.46. The Morgan fingerprint density at radius 1 is 0.353 bits per heavy atom. The van der Waals surface area contributed by atoms with Gasteiger partial charge in [0, 0.05) is 17.1 Å². The Balaban J connectivity index is 0. The molecule has 0 atom stereocenters. The van der Waals surface area contributed by atoms with Crippen LogP contribution in [0.15, 0.2) is 0 Å². The second-order valence-electron chi connectivity index (χ2n) is 5.24. The molecule has 0 bridgehead atoms. The van der Waals surface area contributed by atoms with Crippen LogP contribution in [0.5, 0.6) is 0 Å². The van der Waals surface area contributed by atoms with Crippen molar-refractivity contribution in [2.45, 2.75) is 104 Å².